The first-order valence-corrected chi connectivity index (χ1v) is 6.22. The molecule has 0 radical (unpaired) electrons. The number of benzene rings is 1. The Kier molecular flexibility index (Phi) is 3.60. The van der Waals surface area contributed by atoms with Gasteiger partial charge in [0.05, 0.1) is 6.04 Å². The summed E-state index contributed by atoms with van der Waals surface area (Å²) in [4.78, 5) is 11.7. The van der Waals surface area contributed by atoms with Crippen LogP contribution in [0.5, 0.6) is 0 Å². The van der Waals surface area contributed by atoms with E-state index in [9.17, 15) is 4.79 Å². The molecule has 1 aromatic rings. The first-order valence-electron chi connectivity index (χ1n) is 6.22. The van der Waals surface area contributed by atoms with Gasteiger partial charge >= 0.3 is 0 Å². The lowest BCUT2D eigenvalue weighted by atomic mass is 10.00. The lowest BCUT2D eigenvalue weighted by Crippen LogP contribution is -2.18. The second-order valence-corrected chi connectivity index (χ2v) is 4.46. The van der Waals surface area contributed by atoms with Gasteiger partial charge in [-0.15, -0.1) is 0 Å². The van der Waals surface area contributed by atoms with E-state index in [2.05, 4.69) is 18.3 Å². The van der Waals surface area contributed by atoms with E-state index in [0.717, 1.165) is 12.0 Å². The Balaban J connectivity index is 1.96. The molecular formula is C14H19NO. The SMILES string of the molecule is CCCCCC[C@H]1NC(=O)c2ccccc21. The van der Waals surface area contributed by atoms with Gasteiger partial charge in [0.15, 0.2) is 0 Å². The highest BCUT2D eigenvalue weighted by molar-refractivity contribution is 5.99. The van der Waals surface area contributed by atoms with Crippen molar-refractivity contribution in [1.82, 2.24) is 5.32 Å². The number of nitrogens with one attached hydrogen (secondary N) is 1. The molecule has 1 atom stereocenters. The molecule has 86 valence electrons. The molecular weight excluding hydrogens is 198 g/mol. The molecule has 0 aliphatic carbocycles. The maximum absolute atomic E-state index is 11.7. The second kappa shape index (κ2) is 5.15. The summed E-state index contributed by atoms with van der Waals surface area (Å²) in [5.74, 6) is 0.0936. The Morgan fingerprint density at radius 2 is 2.00 bits per heavy atom. The van der Waals surface area contributed by atoms with Gasteiger partial charge in [-0.25, -0.2) is 0 Å². The zero-order valence-corrected chi connectivity index (χ0v) is 9.83. The summed E-state index contributed by atoms with van der Waals surface area (Å²) in [5, 5.41) is 3.06. The molecule has 0 unspecified atom stereocenters. The summed E-state index contributed by atoms with van der Waals surface area (Å²) in [6.07, 6.45) is 6.09. The first kappa shape index (κ1) is 11.2. The molecule has 2 rings (SSSR count). The van der Waals surface area contributed by atoms with Gasteiger partial charge in [-0.2, -0.15) is 0 Å². The first-order chi connectivity index (χ1) is 7.83. The Hall–Kier alpha value is -1.31. The largest absolute Gasteiger partial charge is 0.345 e. The zero-order valence-electron chi connectivity index (χ0n) is 9.83. The van der Waals surface area contributed by atoms with Gasteiger partial charge in [-0.3, -0.25) is 4.79 Å². The van der Waals surface area contributed by atoms with Gasteiger partial charge in [0.25, 0.3) is 5.91 Å². The number of amides is 1. The van der Waals surface area contributed by atoms with Crippen LogP contribution in [0.15, 0.2) is 24.3 Å². The summed E-state index contributed by atoms with van der Waals surface area (Å²) in [5.41, 5.74) is 2.05. The van der Waals surface area contributed by atoms with Gasteiger partial charge in [-0.05, 0) is 18.1 Å². The molecule has 1 aliphatic rings. The zero-order chi connectivity index (χ0) is 11.4. The molecule has 1 aliphatic heterocycles. The van der Waals surface area contributed by atoms with Crippen molar-refractivity contribution < 1.29 is 4.79 Å². The number of carbonyl (C=O) groups is 1. The van der Waals surface area contributed by atoms with Crippen molar-refractivity contribution in [2.24, 2.45) is 0 Å². The van der Waals surface area contributed by atoms with Crippen LogP contribution in [0.25, 0.3) is 0 Å². The number of fused-ring (bicyclic) bond motifs is 1. The van der Waals surface area contributed by atoms with Crippen molar-refractivity contribution in [2.45, 2.75) is 45.1 Å². The van der Waals surface area contributed by atoms with Crippen LogP contribution in [0.3, 0.4) is 0 Å². The third-order valence-electron chi connectivity index (χ3n) is 3.23. The summed E-state index contributed by atoms with van der Waals surface area (Å²) in [7, 11) is 0. The molecule has 0 saturated heterocycles. The minimum Gasteiger partial charge on any atom is -0.345 e. The van der Waals surface area contributed by atoms with E-state index >= 15 is 0 Å². The predicted octanol–water partition coefficient (Wildman–Crippen LogP) is 3.44. The lowest BCUT2D eigenvalue weighted by Gasteiger charge is -2.10. The van der Waals surface area contributed by atoms with Crippen LogP contribution < -0.4 is 5.32 Å². The van der Waals surface area contributed by atoms with E-state index in [1.807, 2.05) is 18.2 Å². The highest BCUT2D eigenvalue weighted by Gasteiger charge is 2.26. The van der Waals surface area contributed by atoms with E-state index in [4.69, 9.17) is 0 Å². The second-order valence-electron chi connectivity index (χ2n) is 4.46. The van der Waals surface area contributed by atoms with Crippen molar-refractivity contribution in [2.75, 3.05) is 0 Å². The van der Waals surface area contributed by atoms with Gasteiger partial charge in [0.2, 0.25) is 0 Å². The van der Waals surface area contributed by atoms with Crippen LogP contribution in [-0.4, -0.2) is 5.91 Å². The molecule has 1 aromatic carbocycles. The van der Waals surface area contributed by atoms with Gasteiger partial charge in [0.1, 0.15) is 0 Å². The standard InChI is InChI=1S/C14H19NO/c1-2-3-4-5-10-13-11-8-6-7-9-12(11)14(16)15-13/h6-9,13H,2-5,10H2,1H3,(H,15,16)/t13-/m1/s1. The van der Waals surface area contributed by atoms with Crippen LogP contribution in [0.2, 0.25) is 0 Å². The average molecular weight is 217 g/mol. The maximum atomic E-state index is 11.7. The van der Waals surface area contributed by atoms with E-state index in [1.165, 1.54) is 31.2 Å². The summed E-state index contributed by atoms with van der Waals surface area (Å²) in [6.45, 7) is 2.21. The Morgan fingerprint density at radius 1 is 1.19 bits per heavy atom. The van der Waals surface area contributed by atoms with E-state index in [0.29, 0.717) is 0 Å². The molecule has 0 saturated carbocycles. The Labute approximate surface area is 97.1 Å². The monoisotopic (exact) mass is 217 g/mol. The molecule has 2 nitrogen and oxygen atoms in total. The summed E-state index contributed by atoms with van der Waals surface area (Å²) >= 11 is 0. The molecule has 0 fully saturated rings. The predicted molar refractivity (Wildman–Crippen MR) is 65.4 cm³/mol. The van der Waals surface area contributed by atoms with Gasteiger partial charge in [-0.1, -0.05) is 50.8 Å². The van der Waals surface area contributed by atoms with Crippen molar-refractivity contribution in [3.8, 4) is 0 Å². The van der Waals surface area contributed by atoms with Crippen molar-refractivity contribution in [1.29, 1.82) is 0 Å². The molecule has 1 N–H and O–H groups in total. The average Bonchev–Trinajstić information content (AvgIpc) is 2.63. The van der Waals surface area contributed by atoms with Crippen molar-refractivity contribution >= 4 is 5.91 Å². The van der Waals surface area contributed by atoms with Crippen LogP contribution in [0.1, 0.15) is 61.0 Å². The fourth-order valence-electron chi connectivity index (χ4n) is 2.32. The molecule has 16 heavy (non-hydrogen) atoms. The Morgan fingerprint density at radius 3 is 2.81 bits per heavy atom. The quantitative estimate of drug-likeness (QED) is 0.752. The number of unbranched alkanes of at least 4 members (excludes halogenated alkanes) is 3. The highest BCUT2D eigenvalue weighted by Crippen LogP contribution is 2.28. The van der Waals surface area contributed by atoms with E-state index in [1.54, 1.807) is 0 Å². The van der Waals surface area contributed by atoms with Crippen molar-refractivity contribution in [3.05, 3.63) is 35.4 Å². The fourth-order valence-corrected chi connectivity index (χ4v) is 2.32. The van der Waals surface area contributed by atoms with E-state index < -0.39 is 0 Å². The normalized spacial score (nSPS) is 18.3. The summed E-state index contributed by atoms with van der Waals surface area (Å²) < 4.78 is 0. The lowest BCUT2D eigenvalue weighted by molar-refractivity contribution is 0.0954. The number of hydrogen-bond donors (Lipinski definition) is 1. The van der Waals surface area contributed by atoms with Crippen LogP contribution >= 0.6 is 0 Å². The van der Waals surface area contributed by atoms with Crippen LogP contribution in [0, 0.1) is 0 Å². The molecule has 0 spiro atoms. The maximum Gasteiger partial charge on any atom is 0.252 e. The third-order valence-corrected chi connectivity index (χ3v) is 3.23. The minimum absolute atomic E-state index is 0.0936. The smallest absolute Gasteiger partial charge is 0.252 e. The summed E-state index contributed by atoms with van der Waals surface area (Å²) in [6, 6.07) is 8.17. The molecule has 0 bridgehead atoms. The van der Waals surface area contributed by atoms with E-state index in [-0.39, 0.29) is 11.9 Å². The molecule has 1 amide bonds. The fraction of sp³-hybridized carbons (Fsp3) is 0.500. The number of hydrogen-bond acceptors (Lipinski definition) is 1. The molecule has 2 heteroatoms. The van der Waals surface area contributed by atoms with Crippen molar-refractivity contribution in [3.63, 3.8) is 0 Å². The highest BCUT2D eigenvalue weighted by atomic mass is 16.2. The molecule has 1 heterocycles. The number of rotatable bonds is 5. The third kappa shape index (κ3) is 2.26. The minimum atomic E-state index is 0.0936. The molecule has 0 aromatic heterocycles. The Bertz CT molecular complexity index is 373. The van der Waals surface area contributed by atoms with Crippen LogP contribution in [-0.2, 0) is 0 Å². The number of carbonyl (C=O) groups excluding carboxylic acids is 1. The van der Waals surface area contributed by atoms with Crippen LogP contribution in [0.4, 0.5) is 0 Å². The topological polar surface area (TPSA) is 29.1 Å². The van der Waals surface area contributed by atoms with Gasteiger partial charge < -0.3 is 5.32 Å². The van der Waals surface area contributed by atoms with Gasteiger partial charge in [0, 0.05) is 5.56 Å².